The third-order valence-electron chi connectivity index (χ3n) is 5.56. The third kappa shape index (κ3) is 4.52. The molecule has 0 amide bonds. The van der Waals surface area contributed by atoms with Gasteiger partial charge < -0.3 is 14.3 Å². The van der Waals surface area contributed by atoms with Crippen molar-refractivity contribution < 1.29 is 23.8 Å². The summed E-state index contributed by atoms with van der Waals surface area (Å²) in [4.78, 5) is 32.2. The number of pyridine rings is 1. The van der Waals surface area contributed by atoms with Crippen LogP contribution in [0.5, 0.6) is 5.75 Å². The number of fused-ring (bicyclic) bond motifs is 1. The number of nitrogens with zero attached hydrogens (tertiary/aromatic N) is 3. The van der Waals surface area contributed by atoms with E-state index in [0.29, 0.717) is 48.6 Å². The van der Waals surface area contributed by atoms with Crippen LogP contribution in [0.25, 0.3) is 11.4 Å². The molecule has 9 nitrogen and oxygen atoms in total. The van der Waals surface area contributed by atoms with Gasteiger partial charge in [-0.15, -0.1) is 0 Å². The largest absolute Gasteiger partial charge is 0.487 e. The Morgan fingerprint density at radius 1 is 1.18 bits per heavy atom. The summed E-state index contributed by atoms with van der Waals surface area (Å²) in [7, 11) is 0. The van der Waals surface area contributed by atoms with Gasteiger partial charge in [-0.2, -0.15) is 5.10 Å². The highest BCUT2D eigenvalue weighted by Gasteiger charge is 2.30. The molecule has 0 fully saturated rings. The zero-order valence-corrected chi connectivity index (χ0v) is 17.5. The third-order valence-corrected chi connectivity index (χ3v) is 5.56. The number of rotatable bonds is 8. The van der Waals surface area contributed by atoms with Gasteiger partial charge in [-0.3, -0.25) is 14.9 Å². The molecule has 166 valence electrons. The minimum atomic E-state index is -1.18. The maximum Gasteiger partial charge on any atom is 0.392 e. The minimum Gasteiger partial charge on any atom is -0.487 e. The zero-order valence-electron chi connectivity index (χ0n) is 17.5. The summed E-state index contributed by atoms with van der Waals surface area (Å²) in [5, 5.41) is 15.8. The van der Waals surface area contributed by atoms with Crippen molar-refractivity contribution in [2.45, 2.75) is 25.9 Å². The van der Waals surface area contributed by atoms with Crippen LogP contribution in [0.15, 0.2) is 59.3 Å². The van der Waals surface area contributed by atoms with Crippen molar-refractivity contribution in [3.8, 4) is 17.1 Å². The van der Waals surface area contributed by atoms with Crippen molar-refractivity contribution in [2.24, 2.45) is 5.92 Å². The van der Waals surface area contributed by atoms with Crippen molar-refractivity contribution in [3.05, 3.63) is 83.3 Å². The van der Waals surface area contributed by atoms with Gasteiger partial charge in [-0.25, -0.2) is 9.78 Å². The van der Waals surface area contributed by atoms with Gasteiger partial charge in [-0.1, -0.05) is 18.2 Å². The minimum absolute atomic E-state index is 0.0241. The summed E-state index contributed by atoms with van der Waals surface area (Å²) in [6, 6.07) is 12.9. The van der Waals surface area contributed by atoms with E-state index in [1.807, 2.05) is 36.4 Å². The van der Waals surface area contributed by atoms with Crippen molar-refractivity contribution in [1.82, 2.24) is 20.2 Å². The standard InChI is InChI=1S/C24H20N4O5/c29-21(10-15-9-20-22(11-15)33-23(27-20)24(30)31)16-3-1-2-14(8-16)13-32-17-4-5-18(25-12-17)19-6-7-26-28-19/h1-8,12,15H,9-11,13H2,(H,26,28)(H,30,31). The first kappa shape index (κ1) is 20.6. The number of carbonyl (C=O) groups excluding carboxylic acids is 1. The second-order valence-corrected chi connectivity index (χ2v) is 7.93. The molecule has 1 aliphatic rings. The SMILES string of the molecule is O=C(CC1Cc2nc(C(=O)O)oc2C1)c1cccc(COc2ccc(-c3ccn[nH]3)nc2)c1. The molecule has 3 heterocycles. The zero-order chi connectivity index (χ0) is 22.8. The van der Waals surface area contributed by atoms with E-state index in [-0.39, 0.29) is 17.6 Å². The van der Waals surface area contributed by atoms with Crippen LogP contribution in [0, 0.1) is 5.92 Å². The molecule has 3 aromatic heterocycles. The quantitative estimate of drug-likeness (QED) is 0.393. The van der Waals surface area contributed by atoms with E-state index in [4.69, 9.17) is 14.3 Å². The number of aromatic nitrogens is 4. The highest BCUT2D eigenvalue weighted by Crippen LogP contribution is 2.30. The summed E-state index contributed by atoms with van der Waals surface area (Å²) >= 11 is 0. The van der Waals surface area contributed by atoms with Crippen LogP contribution in [-0.4, -0.2) is 37.0 Å². The predicted octanol–water partition coefficient (Wildman–Crippen LogP) is 3.72. The molecule has 1 aromatic carbocycles. The van der Waals surface area contributed by atoms with Gasteiger partial charge in [0.25, 0.3) is 0 Å². The lowest BCUT2D eigenvalue weighted by Crippen LogP contribution is -2.10. The van der Waals surface area contributed by atoms with Gasteiger partial charge in [0.2, 0.25) is 0 Å². The second-order valence-electron chi connectivity index (χ2n) is 7.93. The highest BCUT2D eigenvalue weighted by atomic mass is 16.5. The highest BCUT2D eigenvalue weighted by molar-refractivity contribution is 5.96. The van der Waals surface area contributed by atoms with E-state index < -0.39 is 5.97 Å². The molecule has 2 N–H and O–H groups in total. The van der Waals surface area contributed by atoms with Crippen molar-refractivity contribution in [1.29, 1.82) is 0 Å². The molecule has 0 radical (unpaired) electrons. The number of ketones is 1. The summed E-state index contributed by atoms with van der Waals surface area (Å²) in [6.07, 6.45) is 4.73. The predicted molar refractivity (Wildman–Crippen MR) is 116 cm³/mol. The molecular formula is C24H20N4O5. The Balaban J connectivity index is 1.17. The van der Waals surface area contributed by atoms with Crippen molar-refractivity contribution in [3.63, 3.8) is 0 Å². The Morgan fingerprint density at radius 2 is 2.09 bits per heavy atom. The van der Waals surface area contributed by atoms with E-state index in [2.05, 4.69) is 20.2 Å². The number of carbonyl (C=O) groups is 2. The van der Waals surface area contributed by atoms with Gasteiger partial charge in [0, 0.05) is 24.6 Å². The summed E-state index contributed by atoms with van der Waals surface area (Å²) in [5.74, 6) is -0.191. The number of aromatic amines is 1. The topological polar surface area (TPSA) is 131 Å². The molecule has 0 saturated heterocycles. The second kappa shape index (κ2) is 8.70. The number of oxazole rings is 1. The molecular weight excluding hydrogens is 424 g/mol. The van der Waals surface area contributed by atoms with Crippen LogP contribution < -0.4 is 4.74 Å². The van der Waals surface area contributed by atoms with Crippen LogP contribution in [0.1, 0.15) is 44.5 Å². The van der Waals surface area contributed by atoms with E-state index in [9.17, 15) is 9.59 Å². The molecule has 5 rings (SSSR count). The molecule has 33 heavy (non-hydrogen) atoms. The van der Waals surface area contributed by atoms with Crippen LogP contribution in [0.2, 0.25) is 0 Å². The fraction of sp³-hybridized carbons (Fsp3) is 0.208. The summed E-state index contributed by atoms with van der Waals surface area (Å²) < 4.78 is 11.1. The number of carboxylic acid groups (broad SMARTS) is 1. The maximum absolute atomic E-state index is 12.8. The molecule has 0 bridgehead atoms. The molecule has 1 unspecified atom stereocenters. The summed E-state index contributed by atoms with van der Waals surface area (Å²) in [6.45, 7) is 0.312. The number of hydrogen-bond acceptors (Lipinski definition) is 7. The summed E-state index contributed by atoms with van der Waals surface area (Å²) in [5.41, 5.74) is 3.74. The Labute approximate surface area is 188 Å². The Kier molecular flexibility index (Phi) is 5.43. The molecule has 1 atom stereocenters. The first-order valence-corrected chi connectivity index (χ1v) is 10.5. The normalized spacial score (nSPS) is 14.7. The fourth-order valence-corrected chi connectivity index (χ4v) is 3.95. The van der Waals surface area contributed by atoms with E-state index >= 15 is 0 Å². The van der Waals surface area contributed by atoms with Gasteiger partial charge in [0.1, 0.15) is 18.1 Å². The average Bonchev–Trinajstić information content (AvgIpc) is 3.55. The van der Waals surface area contributed by atoms with Gasteiger partial charge in [0.15, 0.2) is 5.78 Å². The monoisotopic (exact) mass is 444 g/mol. The van der Waals surface area contributed by atoms with Gasteiger partial charge in [-0.05, 0) is 42.2 Å². The lowest BCUT2D eigenvalue weighted by Gasteiger charge is -2.10. The molecule has 1 aliphatic carbocycles. The number of carboxylic acids is 1. The van der Waals surface area contributed by atoms with Crippen LogP contribution in [0.4, 0.5) is 0 Å². The van der Waals surface area contributed by atoms with E-state index in [1.165, 1.54) is 0 Å². The molecule has 4 aromatic rings. The van der Waals surface area contributed by atoms with Crippen molar-refractivity contribution >= 4 is 11.8 Å². The Hall–Kier alpha value is -4.27. The number of H-pyrrole nitrogens is 1. The van der Waals surface area contributed by atoms with Gasteiger partial charge >= 0.3 is 11.9 Å². The maximum atomic E-state index is 12.8. The first-order chi connectivity index (χ1) is 16.0. The van der Waals surface area contributed by atoms with Crippen LogP contribution >= 0.6 is 0 Å². The van der Waals surface area contributed by atoms with Crippen LogP contribution in [-0.2, 0) is 19.4 Å². The number of benzene rings is 1. The van der Waals surface area contributed by atoms with Crippen LogP contribution in [0.3, 0.4) is 0 Å². The Bertz CT molecular complexity index is 1270. The number of aromatic carboxylic acids is 1. The molecule has 0 spiro atoms. The number of nitrogens with one attached hydrogen (secondary N) is 1. The number of hydrogen-bond donors (Lipinski definition) is 2. The number of ether oxygens (including phenoxy) is 1. The van der Waals surface area contributed by atoms with E-state index in [1.54, 1.807) is 18.5 Å². The first-order valence-electron chi connectivity index (χ1n) is 10.5. The molecule has 9 heteroatoms. The smallest absolute Gasteiger partial charge is 0.392 e. The van der Waals surface area contributed by atoms with E-state index in [0.717, 1.165) is 17.0 Å². The number of Topliss-reactive ketones (excluding diaryl/α,β-unsaturated/α-hetero) is 1. The lowest BCUT2D eigenvalue weighted by atomic mass is 9.95. The fourth-order valence-electron chi connectivity index (χ4n) is 3.95. The molecule has 0 aliphatic heterocycles. The molecule has 0 saturated carbocycles. The lowest BCUT2D eigenvalue weighted by molar-refractivity contribution is 0.0650. The van der Waals surface area contributed by atoms with Crippen molar-refractivity contribution in [2.75, 3.05) is 0 Å². The average molecular weight is 444 g/mol. The Morgan fingerprint density at radius 3 is 2.82 bits per heavy atom. The van der Waals surface area contributed by atoms with Gasteiger partial charge in [0.05, 0.1) is 23.3 Å².